The maximum absolute atomic E-state index is 13.6. The molecule has 5 heterocycles. The van der Waals surface area contributed by atoms with Crippen LogP contribution in [0.5, 0.6) is 5.75 Å². The van der Waals surface area contributed by atoms with Crippen LogP contribution in [0.1, 0.15) is 62.5 Å². The van der Waals surface area contributed by atoms with Crippen molar-refractivity contribution in [2.75, 3.05) is 13.6 Å². The Bertz CT molecular complexity index is 1740. The van der Waals surface area contributed by atoms with Crippen LogP contribution in [-0.2, 0) is 16.9 Å². The van der Waals surface area contributed by atoms with Crippen molar-refractivity contribution in [1.82, 2.24) is 19.4 Å². The lowest BCUT2D eigenvalue weighted by molar-refractivity contribution is -0.0635. The minimum absolute atomic E-state index is 0.00127. The van der Waals surface area contributed by atoms with Crippen LogP contribution in [0.15, 0.2) is 48.7 Å². The lowest BCUT2D eigenvalue weighted by Crippen LogP contribution is -2.34. The van der Waals surface area contributed by atoms with Crippen LogP contribution in [0, 0.1) is 0 Å². The molecule has 194 valence electrons. The van der Waals surface area contributed by atoms with Crippen molar-refractivity contribution < 1.29 is 32.3 Å². The number of pyridine rings is 1. The molecule has 1 unspecified atom stereocenters. The molecule has 4 aromatic rings. The van der Waals surface area contributed by atoms with Crippen LogP contribution in [-0.4, -0.2) is 50.6 Å². The second-order valence-electron chi connectivity index (χ2n) is 10.1. The maximum atomic E-state index is 13.6. The number of aliphatic hydroxyl groups is 1. The highest BCUT2D eigenvalue weighted by Crippen LogP contribution is 2.50. The lowest BCUT2D eigenvalue weighted by atomic mass is 9.94. The van der Waals surface area contributed by atoms with Crippen LogP contribution < -0.4 is 4.74 Å². The predicted octanol–water partition coefficient (Wildman–Crippen LogP) is 4.56. The highest BCUT2D eigenvalue weighted by atomic mass is 19.3. The van der Waals surface area contributed by atoms with E-state index in [4.69, 9.17) is 18.6 Å². The Morgan fingerprint density at radius 3 is 2.92 bits per heavy atom. The minimum atomic E-state index is -3.14. The average molecular weight is 522 g/mol. The SMILES string of the molecule is [2H]C([2H])([2H])N1C(=O)c2cccc(OC(F)F)c2[C@H]2C[C@@H]1c1nc3ccc(-c4cnc5c(c4)COCC5(C)O)cc3n12. The van der Waals surface area contributed by atoms with Crippen molar-refractivity contribution in [1.29, 1.82) is 0 Å². The number of hydrogen-bond acceptors (Lipinski definition) is 6. The van der Waals surface area contributed by atoms with E-state index in [0.29, 0.717) is 29.2 Å². The van der Waals surface area contributed by atoms with Gasteiger partial charge in [0, 0.05) is 46.0 Å². The molecule has 3 atom stereocenters. The molecular weight excluding hydrogens is 494 g/mol. The standard InChI is InChI=1S/C28H24F2N4O4/c1-28(36)13-37-12-16-8-15(11-31-24(16)28)14-6-7-18-19(9-14)34-20-10-21(25(34)32-18)33(2)26(35)17-4-3-5-22(23(17)20)38-27(29)30/h3-9,11,20-21,27,36H,10,12-13H2,1-2H3/t20-,21-,28?/m1/s1/i2D3. The molecular formula is C28H24F2N4O4. The van der Waals surface area contributed by atoms with E-state index in [9.17, 15) is 18.7 Å². The Kier molecular flexibility index (Phi) is 4.26. The quantitative estimate of drug-likeness (QED) is 0.425. The monoisotopic (exact) mass is 521 g/mol. The zero-order valence-corrected chi connectivity index (χ0v) is 20.2. The average Bonchev–Trinajstić information content (AvgIpc) is 3.40. The molecule has 0 saturated heterocycles. The zero-order chi connectivity index (χ0) is 28.8. The Balaban J connectivity index is 1.43. The zero-order valence-electron chi connectivity index (χ0n) is 23.2. The number of aromatic nitrogens is 3. The summed E-state index contributed by atoms with van der Waals surface area (Å²) in [5.74, 6) is -0.611. The number of ether oxygens (including phenoxy) is 2. The number of carbonyl (C=O) groups is 1. The minimum Gasteiger partial charge on any atom is -0.434 e. The molecule has 3 aliphatic rings. The van der Waals surface area contributed by atoms with Gasteiger partial charge in [0.1, 0.15) is 17.2 Å². The summed E-state index contributed by atoms with van der Waals surface area (Å²) in [4.78, 5) is 23.7. The molecule has 2 bridgehead atoms. The first-order chi connectivity index (χ1) is 19.4. The third-order valence-corrected chi connectivity index (χ3v) is 7.60. The largest absolute Gasteiger partial charge is 0.434 e. The van der Waals surface area contributed by atoms with Gasteiger partial charge in [0.15, 0.2) is 0 Å². The first-order valence-corrected chi connectivity index (χ1v) is 12.2. The number of carbonyl (C=O) groups excluding carboxylic acids is 1. The summed E-state index contributed by atoms with van der Waals surface area (Å²) in [6.07, 6.45) is 1.81. The molecule has 38 heavy (non-hydrogen) atoms. The van der Waals surface area contributed by atoms with Crippen LogP contribution in [0.4, 0.5) is 8.78 Å². The van der Waals surface area contributed by atoms with Crippen LogP contribution in [0.3, 0.4) is 0 Å². The third kappa shape index (κ3) is 3.30. The van der Waals surface area contributed by atoms with Crippen molar-refractivity contribution in [2.45, 2.75) is 44.2 Å². The molecule has 3 aliphatic heterocycles. The molecule has 1 N–H and O–H groups in total. The first kappa shape index (κ1) is 20.1. The molecule has 0 fully saturated rings. The van der Waals surface area contributed by atoms with E-state index in [1.807, 2.05) is 22.8 Å². The molecule has 0 saturated carbocycles. The fourth-order valence-electron chi connectivity index (χ4n) is 5.98. The van der Waals surface area contributed by atoms with Gasteiger partial charge in [-0.3, -0.25) is 9.78 Å². The maximum Gasteiger partial charge on any atom is 0.387 e. The number of imidazole rings is 1. The second kappa shape index (κ2) is 8.05. The van der Waals surface area contributed by atoms with Crippen molar-refractivity contribution in [3.05, 3.63) is 76.9 Å². The van der Waals surface area contributed by atoms with Gasteiger partial charge in [-0.1, -0.05) is 12.1 Å². The van der Waals surface area contributed by atoms with Gasteiger partial charge in [-0.25, -0.2) is 4.98 Å². The number of amides is 1. The number of benzene rings is 2. The van der Waals surface area contributed by atoms with Crippen LogP contribution in [0.25, 0.3) is 22.2 Å². The Labute approximate surface area is 220 Å². The summed E-state index contributed by atoms with van der Waals surface area (Å²) in [5, 5.41) is 10.6. The van der Waals surface area contributed by atoms with Gasteiger partial charge in [-0.15, -0.1) is 0 Å². The Morgan fingerprint density at radius 1 is 1.24 bits per heavy atom. The summed E-state index contributed by atoms with van der Waals surface area (Å²) < 4.78 is 63.6. The number of nitrogens with zero attached hydrogens (tertiary/aromatic N) is 4. The summed E-state index contributed by atoms with van der Waals surface area (Å²) in [6, 6.07) is 10.0. The number of rotatable bonds is 3. The van der Waals surface area contributed by atoms with E-state index < -0.39 is 37.2 Å². The number of fused-ring (bicyclic) bond motifs is 10. The molecule has 2 aromatic heterocycles. The topological polar surface area (TPSA) is 89.7 Å². The summed E-state index contributed by atoms with van der Waals surface area (Å²) in [5.41, 5.74) is 3.07. The predicted molar refractivity (Wildman–Crippen MR) is 133 cm³/mol. The van der Waals surface area contributed by atoms with E-state index in [1.54, 1.807) is 19.2 Å². The number of alkyl halides is 2. The Hall–Kier alpha value is -3.89. The molecule has 0 aliphatic carbocycles. The smallest absolute Gasteiger partial charge is 0.387 e. The first-order valence-electron chi connectivity index (χ1n) is 13.7. The van der Waals surface area contributed by atoms with E-state index in [1.165, 1.54) is 18.2 Å². The highest BCUT2D eigenvalue weighted by Gasteiger charge is 2.45. The van der Waals surface area contributed by atoms with E-state index in [2.05, 4.69) is 4.98 Å². The van der Waals surface area contributed by atoms with Crippen molar-refractivity contribution in [3.63, 3.8) is 0 Å². The number of hydrogen-bond donors (Lipinski definition) is 1. The van der Waals surface area contributed by atoms with Gasteiger partial charge in [-0.05, 0) is 42.8 Å². The van der Waals surface area contributed by atoms with Crippen molar-refractivity contribution in [3.8, 4) is 16.9 Å². The van der Waals surface area contributed by atoms with Crippen LogP contribution >= 0.6 is 0 Å². The second-order valence-corrected chi connectivity index (χ2v) is 10.1. The fourth-order valence-corrected chi connectivity index (χ4v) is 5.98. The van der Waals surface area contributed by atoms with Crippen molar-refractivity contribution in [2.24, 2.45) is 0 Å². The molecule has 0 spiro atoms. The van der Waals surface area contributed by atoms with Gasteiger partial charge in [0.25, 0.3) is 5.91 Å². The summed E-state index contributed by atoms with van der Waals surface area (Å²) >= 11 is 0. The highest BCUT2D eigenvalue weighted by molar-refractivity contribution is 5.98. The van der Waals surface area contributed by atoms with Gasteiger partial charge < -0.3 is 24.0 Å². The van der Waals surface area contributed by atoms with Crippen LogP contribution in [0.2, 0.25) is 0 Å². The molecule has 8 nitrogen and oxygen atoms in total. The van der Waals surface area contributed by atoms with E-state index in [0.717, 1.165) is 21.6 Å². The van der Waals surface area contributed by atoms with Crippen molar-refractivity contribution >= 4 is 16.9 Å². The van der Waals surface area contributed by atoms with E-state index >= 15 is 0 Å². The lowest BCUT2D eigenvalue weighted by Gasteiger charge is -2.30. The number of halogens is 2. The van der Waals surface area contributed by atoms with Gasteiger partial charge >= 0.3 is 6.61 Å². The molecule has 0 radical (unpaired) electrons. The third-order valence-electron chi connectivity index (χ3n) is 7.60. The Morgan fingerprint density at radius 2 is 2.11 bits per heavy atom. The molecule has 7 rings (SSSR count). The molecule has 1 amide bonds. The van der Waals surface area contributed by atoms with Gasteiger partial charge in [0.2, 0.25) is 0 Å². The molecule has 2 aromatic carbocycles. The van der Waals surface area contributed by atoms with E-state index in [-0.39, 0.29) is 29.9 Å². The van der Waals surface area contributed by atoms with Gasteiger partial charge in [-0.2, -0.15) is 8.78 Å². The fraction of sp³-hybridized carbons (Fsp3) is 0.321. The summed E-state index contributed by atoms with van der Waals surface area (Å²) in [6.45, 7) is -3.83. The van der Waals surface area contributed by atoms with Gasteiger partial charge in [0.05, 0.1) is 42.0 Å². The normalized spacial score (nSPS) is 25.3. The summed E-state index contributed by atoms with van der Waals surface area (Å²) in [7, 11) is 0. The molecule has 10 heteroatoms.